The van der Waals surface area contributed by atoms with Crippen molar-refractivity contribution in [1.82, 2.24) is 8.87 Å². The number of morpholine rings is 1. The molecule has 0 bridgehead atoms. The van der Waals surface area contributed by atoms with E-state index in [1.165, 1.54) is 16.4 Å². The number of sulfonamides is 1. The van der Waals surface area contributed by atoms with E-state index in [4.69, 9.17) is 4.74 Å². The number of carbonyl (C=O) groups is 1. The molecule has 1 aliphatic rings. The first-order valence-electron chi connectivity index (χ1n) is 12.6. The summed E-state index contributed by atoms with van der Waals surface area (Å²) in [6.45, 7) is 7.01. The van der Waals surface area contributed by atoms with Crippen molar-refractivity contribution in [2.24, 2.45) is 0 Å². The van der Waals surface area contributed by atoms with Crippen LogP contribution in [0.5, 0.6) is 0 Å². The number of rotatable bonds is 12. The Morgan fingerprint density at radius 2 is 1.74 bits per heavy atom. The van der Waals surface area contributed by atoms with Crippen LogP contribution < -0.4 is 34.7 Å². The number of carbonyl (C=O) groups excluding carboxylic acids is 1. The van der Waals surface area contributed by atoms with E-state index in [2.05, 4.69) is 0 Å². The molecule has 0 saturated carbocycles. The van der Waals surface area contributed by atoms with Gasteiger partial charge in [0.2, 0.25) is 10.0 Å². The van der Waals surface area contributed by atoms with Gasteiger partial charge >= 0.3 is 29.6 Å². The van der Waals surface area contributed by atoms with Crippen LogP contribution in [-0.4, -0.2) is 72.0 Å². The van der Waals surface area contributed by atoms with E-state index in [9.17, 15) is 32.9 Å². The van der Waals surface area contributed by atoms with E-state index in [-0.39, 0.29) is 72.8 Å². The fourth-order valence-corrected chi connectivity index (χ4v) is 6.96. The molecule has 38 heavy (non-hydrogen) atoms. The van der Waals surface area contributed by atoms with E-state index in [0.717, 1.165) is 0 Å². The smallest absolute Gasteiger partial charge is 0.550 e. The second-order valence-corrected chi connectivity index (χ2v) is 11.5. The van der Waals surface area contributed by atoms with E-state index in [1.807, 2.05) is 25.3 Å². The summed E-state index contributed by atoms with van der Waals surface area (Å²) >= 11 is 0. The topological polar surface area (TPSA) is 132 Å². The molecule has 1 aromatic carbocycles. The number of benzene rings is 1. The van der Waals surface area contributed by atoms with Gasteiger partial charge in [-0.2, -0.15) is 4.31 Å². The van der Waals surface area contributed by atoms with Gasteiger partial charge in [0.25, 0.3) is 0 Å². The second-order valence-electron chi connectivity index (χ2n) is 9.63. The zero-order valence-corrected chi connectivity index (χ0v) is 25.3. The van der Waals surface area contributed by atoms with Crippen LogP contribution in [0.25, 0.3) is 11.3 Å². The van der Waals surface area contributed by atoms with Gasteiger partial charge in [0.1, 0.15) is 10.7 Å². The third-order valence-electron chi connectivity index (χ3n) is 6.59. The molecule has 2 atom stereocenters. The van der Waals surface area contributed by atoms with Crippen molar-refractivity contribution in [3.8, 4) is 11.3 Å². The van der Waals surface area contributed by atoms with Crippen molar-refractivity contribution >= 4 is 16.0 Å². The molecule has 1 fully saturated rings. The Morgan fingerprint density at radius 1 is 1.13 bits per heavy atom. The molecule has 206 valence electrons. The van der Waals surface area contributed by atoms with Gasteiger partial charge in [0.05, 0.1) is 31.1 Å². The van der Waals surface area contributed by atoms with Crippen LogP contribution in [0.2, 0.25) is 0 Å². The largest absolute Gasteiger partial charge is 1.00 e. The Bertz CT molecular complexity index is 1180. The molecule has 0 aliphatic carbocycles. The number of carboxylic acids is 1. The maximum Gasteiger partial charge on any atom is 1.00 e. The zero-order chi connectivity index (χ0) is 27.3. The van der Waals surface area contributed by atoms with Gasteiger partial charge in [-0.25, -0.2) is 12.8 Å². The number of aromatic nitrogens is 1. The van der Waals surface area contributed by atoms with Crippen LogP contribution in [0.4, 0.5) is 4.39 Å². The number of hydrogen-bond acceptors (Lipinski definition) is 7. The molecular weight excluding hydrogens is 526 g/mol. The number of nitrogens with zero attached hydrogens (tertiary/aromatic N) is 2. The molecule has 2 heterocycles. The molecule has 2 aromatic rings. The molecule has 3 rings (SSSR count). The molecule has 0 radical (unpaired) electrons. The number of aliphatic hydroxyl groups excluding tert-OH is 2. The van der Waals surface area contributed by atoms with E-state index in [1.54, 1.807) is 12.1 Å². The molecule has 2 N–H and O–H groups in total. The van der Waals surface area contributed by atoms with Gasteiger partial charge < -0.3 is 29.4 Å². The summed E-state index contributed by atoms with van der Waals surface area (Å²) in [5.41, 5.74) is 2.49. The van der Waals surface area contributed by atoms with Crippen LogP contribution in [0.3, 0.4) is 0 Å². The zero-order valence-electron chi connectivity index (χ0n) is 22.5. The Balaban J connectivity index is 0.00000507. The summed E-state index contributed by atoms with van der Waals surface area (Å²) in [4.78, 5) is 11.0. The third-order valence-corrected chi connectivity index (χ3v) is 8.60. The molecule has 1 aliphatic heterocycles. The van der Waals surface area contributed by atoms with Gasteiger partial charge in [-0.05, 0) is 55.0 Å². The number of aliphatic hydroxyl groups is 2. The summed E-state index contributed by atoms with van der Waals surface area (Å²) < 4.78 is 50.4. The van der Waals surface area contributed by atoms with E-state index < -0.39 is 40.4 Å². The molecule has 1 aromatic heterocycles. The minimum absolute atomic E-state index is 0. The first-order valence-corrected chi connectivity index (χ1v) is 14.1. The molecule has 0 spiro atoms. The first-order chi connectivity index (χ1) is 17.5. The molecule has 0 unspecified atom stereocenters. The average molecular weight is 563 g/mol. The minimum Gasteiger partial charge on any atom is -0.550 e. The Hall–Kier alpha value is -1.31. The van der Waals surface area contributed by atoms with Crippen molar-refractivity contribution in [2.45, 2.75) is 76.0 Å². The Morgan fingerprint density at radius 3 is 2.26 bits per heavy atom. The van der Waals surface area contributed by atoms with Crippen molar-refractivity contribution in [1.29, 1.82) is 0 Å². The van der Waals surface area contributed by atoms with Gasteiger partial charge in [0.15, 0.2) is 0 Å². The number of aliphatic carboxylic acids is 1. The molecule has 0 amide bonds. The average Bonchev–Trinajstić information content (AvgIpc) is 3.18. The summed E-state index contributed by atoms with van der Waals surface area (Å²) in [6, 6.07) is 5.86. The van der Waals surface area contributed by atoms with Crippen molar-refractivity contribution < 1.29 is 67.2 Å². The van der Waals surface area contributed by atoms with Crippen molar-refractivity contribution in [3.05, 3.63) is 41.3 Å². The fraction of sp³-hybridized carbons (Fsp3) is 0.577. The van der Waals surface area contributed by atoms with Gasteiger partial charge in [-0.1, -0.05) is 20.8 Å². The number of halogens is 1. The molecular formula is C26H36FN2NaO7S. The van der Waals surface area contributed by atoms with Gasteiger partial charge in [-0.15, -0.1) is 0 Å². The van der Waals surface area contributed by atoms with Gasteiger partial charge in [-0.3, -0.25) is 0 Å². The third kappa shape index (κ3) is 7.66. The minimum atomic E-state index is -3.89. The SMILES string of the molecule is CCc1c(S(=O)(=O)N2CCOCC2)c(C(C)C)c(-c2ccc(F)cc2)n1CC[C@@H](O)C[C@@H](O)CC(=O)[O-].[Na+]. The maximum absolute atomic E-state index is 14.0. The number of hydrogen-bond donors (Lipinski definition) is 2. The predicted molar refractivity (Wildman–Crippen MR) is 134 cm³/mol. The Kier molecular flexibility index (Phi) is 12.4. The van der Waals surface area contributed by atoms with Crippen LogP contribution in [0.15, 0.2) is 29.2 Å². The summed E-state index contributed by atoms with van der Waals surface area (Å²) in [5.74, 6) is -2.01. The summed E-state index contributed by atoms with van der Waals surface area (Å²) in [6.07, 6.45) is -2.48. The number of ether oxygens (including phenoxy) is 1. The van der Waals surface area contributed by atoms with Crippen LogP contribution in [-0.2, 0) is 32.5 Å². The Labute approximate surface area is 245 Å². The normalized spacial score (nSPS) is 16.3. The van der Waals surface area contributed by atoms with Gasteiger partial charge in [0, 0.05) is 43.3 Å². The van der Waals surface area contributed by atoms with Crippen molar-refractivity contribution in [3.63, 3.8) is 0 Å². The summed E-state index contributed by atoms with van der Waals surface area (Å²) in [7, 11) is -3.89. The van der Waals surface area contributed by atoms with Crippen molar-refractivity contribution in [2.75, 3.05) is 26.3 Å². The molecule has 1 saturated heterocycles. The maximum atomic E-state index is 14.0. The fourth-order valence-electron chi connectivity index (χ4n) is 4.91. The van der Waals surface area contributed by atoms with Crippen LogP contribution in [0, 0.1) is 5.82 Å². The monoisotopic (exact) mass is 562 g/mol. The number of carboxylic acid groups (broad SMARTS) is 1. The van der Waals surface area contributed by atoms with Crippen LogP contribution in [0.1, 0.15) is 57.2 Å². The van der Waals surface area contributed by atoms with Crippen LogP contribution >= 0.6 is 0 Å². The van der Waals surface area contributed by atoms with E-state index in [0.29, 0.717) is 42.1 Å². The predicted octanol–water partition coefficient (Wildman–Crippen LogP) is -1.35. The molecule has 12 heteroatoms. The summed E-state index contributed by atoms with van der Waals surface area (Å²) in [5, 5.41) is 31.2. The quantitative estimate of drug-likeness (QED) is 0.306. The standard InChI is InChI=1S/C26H37FN2O7S.Na/c1-4-22-26(37(34,35)28-11-13-36-14-12-28)24(17(2)3)25(18-5-7-19(27)8-6-18)29(22)10-9-20(30)15-21(31)16-23(32)33;/h5-8,17,20-21,30-31H,4,9-16H2,1-3H3,(H,32,33);/q;+1/p-1/t20-,21-;/m1./s1. The second kappa shape index (κ2) is 14.4. The first kappa shape index (κ1) is 32.9. The molecule has 9 nitrogen and oxygen atoms in total. The van der Waals surface area contributed by atoms with E-state index >= 15 is 0 Å².